The van der Waals surface area contributed by atoms with Gasteiger partial charge in [0, 0.05) is 6.54 Å². The number of rotatable bonds is 5. The lowest BCUT2D eigenvalue weighted by atomic mass is 10.4. The Morgan fingerprint density at radius 1 is 1.50 bits per heavy atom. The second-order valence-corrected chi connectivity index (χ2v) is 3.60. The fourth-order valence-electron chi connectivity index (χ4n) is 0.991. The Balaban J connectivity index is 2.29. The van der Waals surface area contributed by atoms with Crippen LogP contribution in [-0.4, -0.2) is 26.0 Å². The van der Waals surface area contributed by atoms with Crippen LogP contribution in [0.15, 0.2) is 21.2 Å². The Hall–Kier alpha value is -0.810. The van der Waals surface area contributed by atoms with E-state index in [4.69, 9.17) is 4.42 Å². The smallest absolute Gasteiger partial charge is 0.287 e. The minimum absolute atomic E-state index is 0.174. The molecule has 0 saturated heterocycles. The van der Waals surface area contributed by atoms with Crippen LogP contribution in [0.5, 0.6) is 0 Å². The topological polar surface area (TPSA) is 54.3 Å². The molecule has 1 aromatic rings. The minimum Gasteiger partial charge on any atom is -0.444 e. The summed E-state index contributed by atoms with van der Waals surface area (Å²) in [7, 11) is 1.88. The molecule has 0 saturated carbocycles. The van der Waals surface area contributed by atoms with Gasteiger partial charge >= 0.3 is 0 Å². The fourth-order valence-corrected chi connectivity index (χ4v) is 1.30. The Kier molecular flexibility index (Phi) is 4.69. The van der Waals surface area contributed by atoms with E-state index >= 15 is 0 Å². The number of nitrogens with one attached hydrogen (secondary N) is 2. The van der Waals surface area contributed by atoms with Gasteiger partial charge in [-0.25, -0.2) is 0 Å². The van der Waals surface area contributed by atoms with Gasteiger partial charge in [0.05, 0.1) is 0 Å². The molecule has 0 radical (unpaired) electrons. The van der Waals surface area contributed by atoms with Crippen molar-refractivity contribution in [3.63, 3.8) is 0 Å². The summed E-state index contributed by atoms with van der Waals surface area (Å²) in [6.45, 7) is 1.54. The van der Waals surface area contributed by atoms with Crippen molar-refractivity contribution in [2.45, 2.75) is 6.42 Å². The molecule has 1 amide bonds. The quantitative estimate of drug-likeness (QED) is 0.787. The molecule has 0 atom stereocenters. The minimum atomic E-state index is -0.174. The maximum absolute atomic E-state index is 11.4. The van der Waals surface area contributed by atoms with Gasteiger partial charge in [0.15, 0.2) is 10.4 Å². The zero-order valence-corrected chi connectivity index (χ0v) is 9.56. The molecule has 0 aliphatic rings. The van der Waals surface area contributed by atoms with Gasteiger partial charge in [0.2, 0.25) is 0 Å². The fraction of sp³-hybridized carbons (Fsp3) is 0.444. The van der Waals surface area contributed by atoms with Crippen molar-refractivity contribution in [1.29, 1.82) is 0 Å². The van der Waals surface area contributed by atoms with Crippen LogP contribution in [0, 0.1) is 0 Å². The summed E-state index contributed by atoms with van der Waals surface area (Å²) < 4.78 is 5.66. The Morgan fingerprint density at radius 3 is 2.86 bits per heavy atom. The summed E-state index contributed by atoms with van der Waals surface area (Å²) in [4.78, 5) is 11.4. The summed E-state index contributed by atoms with van der Waals surface area (Å²) in [6, 6.07) is 3.33. The lowest BCUT2D eigenvalue weighted by molar-refractivity contribution is 0.0924. The number of hydrogen-bond donors (Lipinski definition) is 2. The van der Waals surface area contributed by atoms with Crippen LogP contribution in [0.4, 0.5) is 0 Å². The lowest BCUT2D eigenvalue weighted by Gasteiger charge is -2.01. The van der Waals surface area contributed by atoms with Crippen LogP contribution >= 0.6 is 15.9 Å². The third-order valence-corrected chi connectivity index (χ3v) is 2.11. The molecule has 0 aliphatic carbocycles. The molecule has 0 bridgehead atoms. The summed E-state index contributed by atoms with van der Waals surface area (Å²) in [5.74, 6) is 0.160. The Labute approximate surface area is 91.2 Å². The molecule has 0 aliphatic heterocycles. The van der Waals surface area contributed by atoms with Gasteiger partial charge < -0.3 is 15.1 Å². The standard InChI is InChI=1S/C9H13BrN2O2/c1-11-5-2-6-12-9(13)7-3-4-8(10)14-7/h3-4,11H,2,5-6H2,1H3,(H,12,13). The third kappa shape index (κ3) is 3.51. The zero-order chi connectivity index (χ0) is 10.4. The second-order valence-electron chi connectivity index (χ2n) is 2.82. The maximum Gasteiger partial charge on any atom is 0.287 e. The van der Waals surface area contributed by atoms with E-state index in [9.17, 15) is 4.79 Å². The average Bonchev–Trinajstić information content (AvgIpc) is 2.59. The molecule has 0 fully saturated rings. The molecule has 1 aromatic heterocycles. The van der Waals surface area contributed by atoms with Crippen LogP contribution in [0.3, 0.4) is 0 Å². The lowest BCUT2D eigenvalue weighted by Crippen LogP contribution is -2.26. The number of halogens is 1. The van der Waals surface area contributed by atoms with E-state index in [1.165, 1.54) is 0 Å². The average molecular weight is 261 g/mol. The molecule has 5 heteroatoms. The third-order valence-electron chi connectivity index (χ3n) is 1.69. The van der Waals surface area contributed by atoms with Gasteiger partial charge in [-0.2, -0.15) is 0 Å². The highest BCUT2D eigenvalue weighted by molar-refractivity contribution is 9.10. The summed E-state index contributed by atoms with van der Waals surface area (Å²) in [6.07, 6.45) is 0.907. The summed E-state index contributed by atoms with van der Waals surface area (Å²) in [5, 5.41) is 5.76. The first-order valence-electron chi connectivity index (χ1n) is 4.42. The van der Waals surface area contributed by atoms with Crippen LogP contribution < -0.4 is 10.6 Å². The van der Waals surface area contributed by atoms with Crippen molar-refractivity contribution in [3.05, 3.63) is 22.6 Å². The van der Waals surface area contributed by atoms with Gasteiger partial charge in [-0.15, -0.1) is 0 Å². The number of carbonyl (C=O) groups excluding carboxylic acids is 1. The first-order chi connectivity index (χ1) is 6.74. The van der Waals surface area contributed by atoms with Crippen molar-refractivity contribution in [2.24, 2.45) is 0 Å². The van der Waals surface area contributed by atoms with Crippen LogP contribution in [0.25, 0.3) is 0 Å². The molecule has 1 rings (SSSR count). The molecule has 2 N–H and O–H groups in total. The molecule has 14 heavy (non-hydrogen) atoms. The van der Waals surface area contributed by atoms with E-state index in [0.29, 0.717) is 17.0 Å². The normalized spacial score (nSPS) is 10.1. The molecule has 0 spiro atoms. The van der Waals surface area contributed by atoms with E-state index in [2.05, 4.69) is 26.6 Å². The maximum atomic E-state index is 11.4. The van der Waals surface area contributed by atoms with Crippen molar-refractivity contribution < 1.29 is 9.21 Å². The van der Waals surface area contributed by atoms with Crippen LogP contribution in [0.2, 0.25) is 0 Å². The van der Waals surface area contributed by atoms with Gasteiger partial charge in [-0.1, -0.05) is 0 Å². The van der Waals surface area contributed by atoms with Crippen LogP contribution in [-0.2, 0) is 0 Å². The van der Waals surface area contributed by atoms with Crippen molar-refractivity contribution in [2.75, 3.05) is 20.1 Å². The van der Waals surface area contributed by atoms with Crippen molar-refractivity contribution in [3.8, 4) is 0 Å². The Morgan fingerprint density at radius 2 is 2.29 bits per heavy atom. The highest BCUT2D eigenvalue weighted by Crippen LogP contribution is 2.13. The first-order valence-corrected chi connectivity index (χ1v) is 5.21. The van der Waals surface area contributed by atoms with Crippen molar-refractivity contribution >= 4 is 21.8 Å². The molecular weight excluding hydrogens is 248 g/mol. The molecule has 0 aromatic carbocycles. The Bertz CT molecular complexity index is 299. The van der Waals surface area contributed by atoms with Crippen molar-refractivity contribution in [1.82, 2.24) is 10.6 Å². The predicted octanol–water partition coefficient (Wildman–Crippen LogP) is 1.38. The van der Waals surface area contributed by atoms with Crippen LogP contribution in [0.1, 0.15) is 17.0 Å². The molecule has 4 nitrogen and oxygen atoms in total. The largest absolute Gasteiger partial charge is 0.444 e. The van der Waals surface area contributed by atoms with E-state index in [0.717, 1.165) is 13.0 Å². The number of hydrogen-bond acceptors (Lipinski definition) is 3. The SMILES string of the molecule is CNCCCNC(=O)c1ccc(Br)o1. The highest BCUT2D eigenvalue weighted by atomic mass is 79.9. The monoisotopic (exact) mass is 260 g/mol. The van der Waals surface area contributed by atoms with Gasteiger partial charge in [-0.05, 0) is 48.1 Å². The van der Waals surface area contributed by atoms with E-state index in [-0.39, 0.29) is 5.91 Å². The number of furan rings is 1. The number of carbonyl (C=O) groups is 1. The zero-order valence-electron chi connectivity index (χ0n) is 7.97. The molecule has 1 heterocycles. The van der Waals surface area contributed by atoms with E-state index in [1.807, 2.05) is 7.05 Å². The van der Waals surface area contributed by atoms with Gasteiger partial charge in [-0.3, -0.25) is 4.79 Å². The molecule has 0 unspecified atom stereocenters. The summed E-state index contributed by atoms with van der Waals surface area (Å²) in [5.41, 5.74) is 0. The van der Waals surface area contributed by atoms with E-state index in [1.54, 1.807) is 12.1 Å². The van der Waals surface area contributed by atoms with Gasteiger partial charge in [0.1, 0.15) is 0 Å². The number of amides is 1. The van der Waals surface area contributed by atoms with Gasteiger partial charge in [0.25, 0.3) is 5.91 Å². The second kappa shape index (κ2) is 5.82. The van der Waals surface area contributed by atoms with E-state index < -0.39 is 0 Å². The summed E-state index contributed by atoms with van der Waals surface area (Å²) >= 11 is 3.14. The molecular formula is C9H13BrN2O2. The predicted molar refractivity (Wildman–Crippen MR) is 57.3 cm³/mol. The first kappa shape index (κ1) is 11.3. The molecule has 78 valence electrons. The highest BCUT2D eigenvalue weighted by Gasteiger charge is 2.08.